The Kier molecular flexibility index (Phi) is 11.1. The van der Waals surface area contributed by atoms with E-state index in [0.717, 1.165) is 11.1 Å². The van der Waals surface area contributed by atoms with Gasteiger partial charge in [0, 0.05) is 47.8 Å². The molecule has 3 aliphatic rings. The molecule has 3 aliphatic heterocycles. The van der Waals surface area contributed by atoms with Gasteiger partial charge < -0.3 is 39.2 Å². The van der Waals surface area contributed by atoms with E-state index in [1.807, 2.05) is 31.2 Å². The van der Waals surface area contributed by atoms with Gasteiger partial charge in [0.15, 0.2) is 13.9 Å². The minimum Gasteiger partial charge on any atom is -0.497 e. The first kappa shape index (κ1) is 38.2. The SMILES string of the molecule is COC(=O)CCCCN1C(=O)[C@]2(O[C@H](CC(=O)N3Cc4ccccc4C[C@H]3CO)[C@@H]([Si](C)(C)O)[C@@H]2C)c2cc(NC(=O)c3ccc(OC)cc3)ccc21. The zero-order chi connectivity index (χ0) is 38.1. The van der Waals surface area contributed by atoms with Crippen molar-refractivity contribution in [3.05, 3.63) is 89.0 Å². The quantitative estimate of drug-likeness (QED) is 0.135. The van der Waals surface area contributed by atoms with Crippen LogP contribution in [0.1, 0.15) is 59.7 Å². The maximum Gasteiger partial charge on any atom is 0.305 e. The monoisotopic (exact) mass is 743 g/mol. The average molecular weight is 744 g/mol. The van der Waals surface area contributed by atoms with Crippen LogP contribution in [-0.2, 0) is 42.4 Å². The van der Waals surface area contributed by atoms with Gasteiger partial charge in [-0.25, -0.2) is 0 Å². The molecule has 3 N–H and O–H groups in total. The third-order valence-corrected chi connectivity index (χ3v) is 13.6. The lowest BCUT2D eigenvalue weighted by atomic mass is 9.82. The predicted molar refractivity (Wildman–Crippen MR) is 201 cm³/mol. The maximum absolute atomic E-state index is 14.9. The summed E-state index contributed by atoms with van der Waals surface area (Å²) in [6, 6.07) is 19.5. The number of aliphatic hydroxyl groups is 1. The highest BCUT2D eigenvalue weighted by atomic mass is 28.4. The van der Waals surface area contributed by atoms with Gasteiger partial charge in [0.05, 0.1) is 45.1 Å². The highest BCUT2D eigenvalue weighted by Crippen LogP contribution is 2.60. The number of carbonyl (C=O) groups is 4. The van der Waals surface area contributed by atoms with Crippen LogP contribution in [0.2, 0.25) is 18.6 Å². The molecule has 13 heteroatoms. The second kappa shape index (κ2) is 15.4. The fourth-order valence-electron chi connectivity index (χ4n) is 8.50. The number of methoxy groups -OCH3 is 2. The number of esters is 1. The number of amides is 3. The van der Waals surface area contributed by atoms with Crippen molar-refractivity contribution in [3.8, 4) is 5.75 Å². The molecule has 6 rings (SSSR count). The molecule has 1 fully saturated rings. The van der Waals surface area contributed by atoms with Gasteiger partial charge in [0.25, 0.3) is 11.8 Å². The lowest BCUT2D eigenvalue weighted by Crippen LogP contribution is -2.48. The average Bonchev–Trinajstić information content (AvgIpc) is 3.57. The van der Waals surface area contributed by atoms with E-state index in [0.29, 0.717) is 60.6 Å². The molecule has 12 nitrogen and oxygen atoms in total. The summed E-state index contributed by atoms with van der Waals surface area (Å²) in [5, 5.41) is 13.3. The Morgan fingerprint density at radius 1 is 1.02 bits per heavy atom. The summed E-state index contributed by atoms with van der Waals surface area (Å²) < 4.78 is 17.0. The van der Waals surface area contributed by atoms with Crippen molar-refractivity contribution in [1.29, 1.82) is 0 Å². The van der Waals surface area contributed by atoms with Gasteiger partial charge in [-0.15, -0.1) is 0 Å². The molecule has 53 heavy (non-hydrogen) atoms. The number of hydrogen-bond acceptors (Lipinski definition) is 9. The highest BCUT2D eigenvalue weighted by Gasteiger charge is 2.66. The first-order valence-corrected chi connectivity index (χ1v) is 21.2. The standard InChI is InChI=1S/C40H49N3O9Si/c1-25-37(53(4,5)49)34(22-35(45)43-23-28-11-7-6-10-27(28)20-30(43)24-44)52-40(25)32-21-29(41-38(47)26-13-16-31(50-2)17-14-26)15-18-33(32)42(39(40)48)19-9-8-12-36(46)51-3/h6-7,10-11,13-18,21,25,30,34,37,44,49H,8-9,12,19-20,22-24H2,1-5H3,(H,41,47)/t25-,30-,34+,37-,40+/m0/s1. The van der Waals surface area contributed by atoms with E-state index < -0.39 is 37.5 Å². The van der Waals surface area contributed by atoms with Crippen LogP contribution < -0.4 is 15.0 Å². The molecule has 3 aromatic carbocycles. The minimum absolute atomic E-state index is 0.0813. The van der Waals surface area contributed by atoms with Crippen molar-refractivity contribution in [3.63, 3.8) is 0 Å². The van der Waals surface area contributed by atoms with Crippen molar-refractivity contribution in [1.82, 2.24) is 4.90 Å². The molecule has 1 saturated heterocycles. The number of unbranched alkanes of at least 4 members (excludes halogenated alkanes) is 1. The van der Waals surface area contributed by atoms with Crippen LogP contribution in [0, 0.1) is 5.92 Å². The number of ether oxygens (including phenoxy) is 3. The maximum atomic E-state index is 14.9. The molecular weight excluding hydrogens is 695 g/mol. The molecule has 0 aliphatic carbocycles. The predicted octanol–water partition coefficient (Wildman–Crippen LogP) is 4.77. The summed E-state index contributed by atoms with van der Waals surface area (Å²) >= 11 is 0. The lowest BCUT2D eigenvalue weighted by Gasteiger charge is -2.37. The number of fused-ring (bicyclic) bond motifs is 3. The third-order valence-electron chi connectivity index (χ3n) is 11.1. The largest absolute Gasteiger partial charge is 0.497 e. The summed E-state index contributed by atoms with van der Waals surface area (Å²) in [7, 11) is -0.211. The van der Waals surface area contributed by atoms with Gasteiger partial charge in [-0.1, -0.05) is 31.2 Å². The van der Waals surface area contributed by atoms with E-state index in [2.05, 4.69) is 5.32 Å². The first-order chi connectivity index (χ1) is 25.3. The molecule has 0 unspecified atom stereocenters. The van der Waals surface area contributed by atoms with E-state index in [-0.39, 0.29) is 43.1 Å². The van der Waals surface area contributed by atoms with Crippen molar-refractivity contribution >= 4 is 43.4 Å². The van der Waals surface area contributed by atoms with Crippen molar-refractivity contribution in [2.45, 2.75) is 82.0 Å². The van der Waals surface area contributed by atoms with Crippen LogP contribution in [0.5, 0.6) is 5.75 Å². The molecule has 282 valence electrons. The fourth-order valence-corrected chi connectivity index (χ4v) is 11.1. The van der Waals surface area contributed by atoms with E-state index in [1.165, 1.54) is 7.11 Å². The smallest absolute Gasteiger partial charge is 0.305 e. The van der Waals surface area contributed by atoms with Crippen LogP contribution in [0.15, 0.2) is 66.7 Å². The number of nitrogens with zero attached hydrogens (tertiary/aromatic N) is 2. The number of nitrogens with one attached hydrogen (secondary N) is 1. The second-order valence-electron chi connectivity index (χ2n) is 14.8. The fraction of sp³-hybridized carbons (Fsp3) is 0.450. The Morgan fingerprint density at radius 3 is 2.40 bits per heavy atom. The molecule has 3 amide bonds. The van der Waals surface area contributed by atoms with E-state index in [1.54, 1.807) is 72.5 Å². The van der Waals surface area contributed by atoms with E-state index >= 15 is 0 Å². The second-order valence-corrected chi connectivity index (χ2v) is 18.8. The number of hydrogen-bond donors (Lipinski definition) is 3. The Labute approximate surface area is 311 Å². The van der Waals surface area contributed by atoms with Crippen LogP contribution in [0.3, 0.4) is 0 Å². The summed E-state index contributed by atoms with van der Waals surface area (Å²) in [6.45, 7) is 5.96. The summed E-state index contributed by atoms with van der Waals surface area (Å²) in [4.78, 5) is 69.3. The zero-order valence-electron chi connectivity index (χ0n) is 31.0. The van der Waals surface area contributed by atoms with Gasteiger partial charge in [0.2, 0.25) is 5.91 Å². The molecular formula is C40H49N3O9Si. The van der Waals surface area contributed by atoms with Gasteiger partial charge in [-0.3, -0.25) is 19.2 Å². The van der Waals surface area contributed by atoms with E-state index in [9.17, 15) is 29.1 Å². The highest BCUT2D eigenvalue weighted by molar-refractivity contribution is 6.71. The minimum atomic E-state index is -3.10. The van der Waals surface area contributed by atoms with Gasteiger partial charge >= 0.3 is 5.97 Å². The normalized spacial score (nSPS) is 23.5. The van der Waals surface area contributed by atoms with Gasteiger partial charge in [-0.05, 0) is 85.9 Å². The molecule has 5 atom stereocenters. The van der Waals surface area contributed by atoms with Gasteiger partial charge in [-0.2, -0.15) is 0 Å². The zero-order valence-corrected chi connectivity index (χ0v) is 32.0. The van der Waals surface area contributed by atoms with Crippen LogP contribution in [-0.4, -0.2) is 86.3 Å². The summed E-state index contributed by atoms with van der Waals surface area (Å²) in [6.07, 6.45) is 0.885. The van der Waals surface area contributed by atoms with E-state index in [4.69, 9.17) is 14.2 Å². The van der Waals surface area contributed by atoms with Crippen molar-refractivity contribution in [2.75, 3.05) is 37.6 Å². The molecule has 0 aromatic heterocycles. The Hall–Kier alpha value is -4.56. The van der Waals surface area contributed by atoms with Crippen LogP contribution in [0.4, 0.5) is 11.4 Å². The van der Waals surface area contributed by atoms with Crippen molar-refractivity contribution in [2.24, 2.45) is 5.92 Å². The Bertz CT molecular complexity index is 1860. The number of rotatable bonds is 12. The van der Waals surface area contributed by atoms with Crippen molar-refractivity contribution < 1.29 is 43.3 Å². The first-order valence-electron chi connectivity index (χ1n) is 18.2. The Morgan fingerprint density at radius 2 is 1.74 bits per heavy atom. The number of anilines is 2. The summed E-state index contributed by atoms with van der Waals surface area (Å²) in [5.74, 6) is -1.13. The molecule has 0 bridgehead atoms. The number of benzene rings is 3. The molecule has 1 spiro atoms. The number of aliphatic hydroxyl groups excluding tert-OH is 1. The Balaban J connectivity index is 1.34. The van der Waals surface area contributed by atoms with Crippen LogP contribution >= 0.6 is 0 Å². The lowest BCUT2D eigenvalue weighted by molar-refractivity contribution is -0.151. The molecule has 3 aromatic rings. The number of carbonyl (C=O) groups excluding carboxylic acids is 4. The molecule has 0 radical (unpaired) electrons. The molecule has 3 heterocycles. The molecule has 0 saturated carbocycles. The summed E-state index contributed by atoms with van der Waals surface area (Å²) in [5.41, 5.74) is 2.08. The van der Waals surface area contributed by atoms with Gasteiger partial charge in [0.1, 0.15) is 5.75 Å². The topological polar surface area (TPSA) is 155 Å². The third kappa shape index (κ3) is 7.35. The van der Waals surface area contributed by atoms with Crippen LogP contribution in [0.25, 0.3) is 0 Å².